The normalized spacial score (nSPS) is 10.4. The number of aryl methyl sites for hydroxylation is 5. The number of hydrogen-bond acceptors (Lipinski definition) is 12. The Bertz CT molecular complexity index is 4280. The number of carbonyl (C=O) groups excluding carboxylic acids is 3. The fraction of sp³-hybridized carbons (Fsp3) is 0.333. The van der Waals surface area contributed by atoms with Crippen LogP contribution in [0.1, 0.15) is 158 Å². The molecule has 4 aromatic heterocycles. The zero-order chi connectivity index (χ0) is 70.1. The minimum Gasteiger partial charge on any atom is -0.481 e. The van der Waals surface area contributed by atoms with Crippen LogP contribution in [0.15, 0.2) is 165 Å². The van der Waals surface area contributed by atoms with Crippen LogP contribution >= 0.6 is 15.9 Å². The average molecular weight is 1370 g/mol. The number of H-pyrrole nitrogens is 4. The molecule has 0 aliphatic rings. The molecule has 8 aromatic rings. The number of nitrogens with two attached hydrogens (primary N) is 2. The summed E-state index contributed by atoms with van der Waals surface area (Å²) in [5, 5.41) is 8.54. The van der Waals surface area contributed by atoms with Gasteiger partial charge >= 0.3 is 28.7 Å². The molecule has 24 heteroatoms. The van der Waals surface area contributed by atoms with E-state index in [4.69, 9.17) is 16.6 Å². The zero-order valence-electron chi connectivity index (χ0n) is 54.4. The average Bonchev–Trinajstić information content (AvgIpc) is 1.05. The number of carboxylic acids is 1. The van der Waals surface area contributed by atoms with Crippen LogP contribution in [0.2, 0.25) is 0 Å². The number of aromatic nitrogens is 8. The van der Waals surface area contributed by atoms with E-state index in [0.29, 0.717) is 85.9 Å². The summed E-state index contributed by atoms with van der Waals surface area (Å²) in [5.74, 6) is 10.9. The highest BCUT2D eigenvalue weighted by Crippen LogP contribution is 2.14. The van der Waals surface area contributed by atoms with Crippen LogP contribution < -0.4 is 56.5 Å². The smallest absolute Gasteiger partial charge is 0.328 e. The Morgan fingerprint density at radius 2 is 0.708 bits per heavy atom. The molecule has 9 N–H and O–H groups in total. The highest BCUT2D eigenvalue weighted by atomic mass is 79.9. The van der Waals surface area contributed by atoms with Crippen molar-refractivity contribution < 1.29 is 24.3 Å². The van der Waals surface area contributed by atoms with Crippen molar-refractivity contribution in [3.63, 3.8) is 0 Å². The van der Waals surface area contributed by atoms with Crippen LogP contribution in [0, 0.1) is 44.5 Å². The number of nitrogens with zero attached hydrogens (tertiary/aromatic N) is 4. The summed E-state index contributed by atoms with van der Waals surface area (Å²) in [6, 6.07) is 31.2. The quantitative estimate of drug-likeness (QED) is 0.0214. The van der Waals surface area contributed by atoms with Gasteiger partial charge in [0, 0.05) is 91.1 Å². The first kappa shape index (κ1) is 76.0. The van der Waals surface area contributed by atoms with E-state index < -0.39 is 34.3 Å². The third-order valence-electron chi connectivity index (χ3n) is 14.7. The van der Waals surface area contributed by atoms with Gasteiger partial charge in [0.15, 0.2) is 0 Å². The first-order chi connectivity index (χ1) is 45.8. The molecule has 0 atom stereocenters. The molecule has 0 aliphatic carbocycles. The van der Waals surface area contributed by atoms with Crippen molar-refractivity contribution in [3.8, 4) is 23.7 Å². The van der Waals surface area contributed by atoms with E-state index in [1.807, 2.05) is 97.1 Å². The highest BCUT2D eigenvalue weighted by molar-refractivity contribution is 9.10. The number of benzene rings is 4. The number of ketones is 1. The van der Waals surface area contributed by atoms with Gasteiger partial charge in [0.2, 0.25) is 11.8 Å². The third-order valence-corrected chi connectivity index (χ3v) is 15.2. The summed E-state index contributed by atoms with van der Waals surface area (Å²) in [5.41, 5.74) is 16.6. The third kappa shape index (κ3) is 28.2. The van der Waals surface area contributed by atoms with Crippen LogP contribution in [-0.4, -0.2) is 66.9 Å². The number of primary amides is 2. The fourth-order valence-corrected chi connectivity index (χ4v) is 9.64. The predicted molar refractivity (Wildman–Crippen MR) is 372 cm³/mol. The second-order valence-electron chi connectivity index (χ2n) is 22.9. The molecule has 23 nitrogen and oxygen atoms in total. The summed E-state index contributed by atoms with van der Waals surface area (Å²) in [6.45, 7) is 8.16. The SMILES string of the molecule is CC(=O)CCCC#Cc1ccc(Cn2cc(C)c(=O)[nH]c2=O)cc1.Cc1cn(Cc2ccc(C#CCCCC(=O)O)cc2)c(=O)[nH]c1=O.Cc1cn(Cc2ccc(CCCCCC(N)=O)cc2)c(=O)[nH]c1=O.NC(=O)CCCCCc1ccc(Cn2cc(Br)c(=O)[nH]c2=O)cc1. The molecule has 0 bridgehead atoms. The highest BCUT2D eigenvalue weighted by Gasteiger charge is 2.08. The number of Topliss-reactive ketones (excluding diaryl/α,β-unsaturated/α-hetero) is 1. The number of carbonyl (C=O) groups is 4. The van der Waals surface area contributed by atoms with Crippen molar-refractivity contribution in [2.75, 3.05) is 0 Å². The predicted octanol–water partition coefficient (Wildman–Crippen LogP) is 6.92. The molecular formula is C72H81BrN10O13. The van der Waals surface area contributed by atoms with Crippen molar-refractivity contribution in [2.45, 2.75) is 157 Å². The molecule has 0 radical (unpaired) electrons. The molecule has 2 amide bonds. The Balaban J connectivity index is 0.000000231. The minimum atomic E-state index is -0.811. The molecule has 0 saturated heterocycles. The van der Waals surface area contributed by atoms with Crippen LogP contribution in [-0.2, 0) is 58.2 Å². The zero-order valence-corrected chi connectivity index (χ0v) is 55.9. The molecule has 0 unspecified atom stereocenters. The lowest BCUT2D eigenvalue weighted by atomic mass is 10.0. The van der Waals surface area contributed by atoms with E-state index >= 15 is 0 Å². The van der Waals surface area contributed by atoms with Gasteiger partial charge in [-0.1, -0.05) is 109 Å². The standard InChI is InChI=1S/C19H20N2O3.C18H23N3O3.C18H18N2O4.C17H20BrN3O3/c1-14-12-21(19(24)20-18(14)23)13-17-10-8-16(9-11-17)7-5-3-4-6-15(2)22;1-13-11-21(18(24)20-17(13)23)12-15-9-7-14(8-10-15)5-3-2-4-6-16(19)22;1-13-11-20(18(24)19-17(13)23)12-15-9-7-14(8-10-15)5-3-2-4-6-16(21)22;18-14-11-21(17(24)20-16(14)23)10-13-8-6-12(7-9-13)4-2-1-3-5-15(19)22/h8-12H,3-4,6,13H2,1-2H3,(H,20,23,24);7-11H,2-6,12H2,1H3,(H2,19,22)(H,20,23,24);7-11H,2,4,6,12H2,1H3,(H,21,22)(H,19,23,24);6-9,11H,1-5,10H2,(H2,19,22)(H,20,23,24). The molecule has 0 saturated carbocycles. The van der Waals surface area contributed by atoms with E-state index in [2.05, 4.69) is 59.5 Å². The van der Waals surface area contributed by atoms with Gasteiger partial charge in [-0.25, -0.2) is 19.2 Å². The van der Waals surface area contributed by atoms with Crippen LogP contribution in [0.5, 0.6) is 0 Å². The molecule has 504 valence electrons. The van der Waals surface area contributed by atoms with Gasteiger partial charge in [-0.05, 0) is 153 Å². The Hall–Kier alpha value is -10.7. The molecule has 4 aromatic carbocycles. The Kier molecular flexibility index (Phi) is 31.5. The van der Waals surface area contributed by atoms with E-state index in [1.54, 1.807) is 40.1 Å². The summed E-state index contributed by atoms with van der Waals surface area (Å²) in [6.07, 6.45) is 17.9. The Morgan fingerprint density at radius 3 is 1.03 bits per heavy atom. The van der Waals surface area contributed by atoms with E-state index in [0.717, 1.165) is 91.2 Å². The van der Waals surface area contributed by atoms with Crippen molar-refractivity contribution >= 4 is 39.5 Å². The van der Waals surface area contributed by atoms with Crippen molar-refractivity contribution in [2.24, 2.45) is 11.5 Å². The second kappa shape index (κ2) is 39.7. The lowest BCUT2D eigenvalue weighted by Crippen LogP contribution is -2.31. The van der Waals surface area contributed by atoms with Gasteiger partial charge < -0.3 is 21.4 Å². The van der Waals surface area contributed by atoms with Gasteiger partial charge in [0.1, 0.15) is 5.78 Å². The summed E-state index contributed by atoms with van der Waals surface area (Å²) < 4.78 is 6.19. The summed E-state index contributed by atoms with van der Waals surface area (Å²) >= 11 is 3.12. The van der Waals surface area contributed by atoms with E-state index in [1.165, 1.54) is 41.8 Å². The first-order valence-electron chi connectivity index (χ1n) is 31.3. The lowest BCUT2D eigenvalue weighted by molar-refractivity contribution is -0.137. The lowest BCUT2D eigenvalue weighted by Gasteiger charge is -2.07. The molecule has 8 rings (SSSR count). The maximum atomic E-state index is 11.8. The van der Waals surface area contributed by atoms with Crippen molar-refractivity contribution in [1.82, 2.24) is 38.2 Å². The van der Waals surface area contributed by atoms with Crippen LogP contribution in [0.3, 0.4) is 0 Å². The van der Waals surface area contributed by atoms with Gasteiger partial charge in [-0.15, -0.1) is 0 Å². The maximum Gasteiger partial charge on any atom is 0.328 e. The number of rotatable bonds is 26. The van der Waals surface area contributed by atoms with Crippen LogP contribution in [0.25, 0.3) is 0 Å². The Morgan fingerprint density at radius 1 is 0.406 bits per heavy atom. The number of halogens is 1. The summed E-state index contributed by atoms with van der Waals surface area (Å²) in [7, 11) is 0. The number of carboxylic acid groups (broad SMARTS) is 1. The molecule has 0 spiro atoms. The van der Waals surface area contributed by atoms with E-state index in [9.17, 15) is 57.5 Å². The number of nitrogens with one attached hydrogen (secondary N) is 4. The van der Waals surface area contributed by atoms with Crippen molar-refractivity contribution in [1.29, 1.82) is 0 Å². The van der Waals surface area contributed by atoms with Gasteiger partial charge in [-0.3, -0.25) is 71.8 Å². The number of unbranched alkanes of at least 4 members (excludes halogenated alkanes) is 6. The van der Waals surface area contributed by atoms with Crippen molar-refractivity contribution in [3.05, 3.63) is 271 Å². The van der Waals surface area contributed by atoms with E-state index in [-0.39, 0.29) is 40.7 Å². The molecule has 0 aliphatic heterocycles. The Labute approximate surface area is 561 Å². The second-order valence-corrected chi connectivity index (χ2v) is 23.8. The van der Waals surface area contributed by atoms with Crippen LogP contribution in [0.4, 0.5) is 0 Å². The van der Waals surface area contributed by atoms with Gasteiger partial charge in [-0.2, -0.15) is 0 Å². The molecule has 4 heterocycles. The monoisotopic (exact) mass is 1370 g/mol. The summed E-state index contributed by atoms with van der Waals surface area (Å²) in [4.78, 5) is 144. The molecular weight excluding hydrogens is 1290 g/mol. The number of hydrogen-bond donors (Lipinski definition) is 7. The largest absolute Gasteiger partial charge is 0.481 e. The number of amides is 2. The minimum absolute atomic E-state index is 0.126. The van der Waals surface area contributed by atoms with Gasteiger partial charge in [0.25, 0.3) is 22.2 Å². The molecule has 0 fully saturated rings. The fourth-order valence-electron chi connectivity index (χ4n) is 9.30. The van der Waals surface area contributed by atoms with Gasteiger partial charge in [0.05, 0.1) is 30.7 Å². The number of aliphatic carboxylic acids is 1. The number of aromatic amines is 4. The topological polar surface area (TPSA) is 360 Å². The molecule has 96 heavy (non-hydrogen) atoms. The first-order valence-corrected chi connectivity index (χ1v) is 32.1. The maximum absolute atomic E-state index is 11.8.